The Morgan fingerprint density at radius 2 is 1.86 bits per heavy atom. The largest absolute Gasteiger partial charge is 0.508 e. The quantitative estimate of drug-likeness (QED) is 0.919. The maximum absolute atomic E-state index is 12.2. The number of carbonyl (C=O) groups excluding carboxylic acids is 1. The van der Waals surface area contributed by atoms with E-state index in [0.29, 0.717) is 11.3 Å². The molecule has 1 unspecified atom stereocenters. The predicted octanol–water partition coefficient (Wildman–Crippen LogP) is 3.16. The van der Waals surface area contributed by atoms with Crippen molar-refractivity contribution in [2.45, 2.75) is 12.5 Å². The van der Waals surface area contributed by atoms with E-state index in [1.165, 1.54) is 12.1 Å². The first-order chi connectivity index (χ1) is 10.0. The molecule has 0 radical (unpaired) electrons. The van der Waals surface area contributed by atoms with Crippen molar-refractivity contribution in [3.63, 3.8) is 0 Å². The minimum Gasteiger partial charge on any atom is -0.508 e. The number of fused-ring (bicyclic) bond motifs is 1. The molecule has 2 aromatic carbocycles. The maximum atomic E-state index is 12.2. The van der Waals surface area contributed by atoms with Gasteiger partial charge in [0.25, 0.3) is 0 Å². The first kappa shape index (κ1) is 13.5. The van der Waals surface area contributed by atoms with Gasteiger partial charge in [0.1, 0.15) is 17.6 Å². The van der Waals surface area contributed by atoms with Crippen molar-refractivity contribution in [2.75, 3.05) is 19.0 Å². The lowest BCUT2D eigenvalue weighted by atomic mass is 9.96. The molecule has 0 aromatic heterocycles. The number of ketones is 1. The molecule has 0 saturated carbocycles. The molecular weight excluding hydrogens is 266 g/mol. The lowest BCUT2D eigenvalue weighted by Gasteiger charge is -2.26. The van der Waals surface area contributed by atoms with Gasteiger partial charge in [0, 0.05) is 19.8 Å². The molecule has 1 aliphatic rings. The second kappa shape index (κ2) is 5.13. The van der Waals surface area contributed by atoms with Crippen molar-refractivity contribution < 1.29 is 14.6 Å². The van der Waals surface area contributed by atoms with Crippen molar-refractivity contribution >= 4 is 11.5 Å². The van der Waals surface area contributed by atoms with Crippen LogP contribution in [0.3, 0.4) is 0 Å². The Morgan fingerprint density at radius 1 is 1.14 bits per heavy atom. The number of phenols is 1. The van der Waals surface area contributed by atoms with Gasteiger partial charge in [0.2, 0.25) is 0 Å². The Labute approximate surface area is 123 Å². The molecule has 0 amide bonds. The summed E-state index contributed by atoms with van der Waals surface area (Å²) >= 11 is 0. The fourth-order valence-corrected chi connectivity index (χ4v) is 2.48. The van der Waals surface area contributed by atoms with Crippen LogP contribution in [0.15, 0.2) is 42.5 Å². The van der Waals surface area contributed by atoms with E-state index in [0.717, 1.165) is 11.3 Å². The van der Waals surface area contributed by atoms with E-state index in [4.69, 9.17) is 4.74 Å². The second-order valence-electron chi connectivity index (χ2n) is 5.40. The van der Waals surface area contributed by atoms with Crippen LogP contribution < -0.4 is 9.64 Å². The first-order valence-electron chi connectivity index (χ1n) is 6.85. The summed E-state index contributed by atoms with van der Waals surface area (Å²) < 4.78 is 5.90. The smallest absolute Gasteiger partial charge is 0.170 e. The van der Waals surface area contributed by atoms with Crippen molar-refractivity contribution in [2.24, 2.45) is 0 Å². The van der Waals surface area contributed by atoms with E-state index >= 15 is 0 Å². The highest BCUT2D eigenvalue weighted by Crippen LogP contribution is 2.36. The number of anilines is 1. The predicted molar refractivity (Wildman–Crippen MR) is 81.2 cm³/mol. The van der Waals surface area contributed by atoms with Crippen molar-refractivity contribution in [1.82, 2.24) is 0 Å². The summed E-state index contributed by atoms with van der Waals surface area (Å²) in [7, 11) is 3.97. The van der Waals surface area contributed by atoms with E-state index in [1.54, 1.807) is 6.07 Å². The summed E-state index contributed by atoms with van der Waals surface area (Å²) in [5, 5.41) is 9.46. The number of Topliss-reactive ketones (excluding diaryl/α,β-unsaturated/α-hetero) is 1. The molecule has 1 atom stereocenters. The minimum absolute atomic E-state index is 0.00571. The molecule has 1 heterocycles. The molecule has 0 aliphatic carbocycles. The molecule has 3 rings (SSSR count). The van der Waals surface area contributed by atoms with Crippen molar-refractivity contribution in [3.05, 3.63) is 53.6 Å². The zero-order valence-corrected chi connectivity index (χ0v) is 12.0. The Morgan fingerprint density at radius 3 is 2.52 bits per heavy atom. The Balaban J connectivity index is 1.88. The molecule has 0 spiro atoms. The van der Waals surface area contributed by atoms with E-state index in [2.05, 4.69) is 0 Å². The normalized spacial score (nSPS) is 17.0. The summed E-state index contributed by atoms with van der Waals surface area (Å²) in [5.74, 6) is 0.610. The highest BCUT2D eigenvalue weighted by atomic mass is 16.5. The lowest BCUT2D eigenvalue weighted by molar-refractivity contribution is 0.0849. The molecule has 0 bridgehead atoms. The van der Waals surface area contributed by atoms with Crippen molar-refractivity contribution in [1.29, 1.82) is 0 Å². The second-order valence-corrected chi connectivity index (χ2v) is 5.40. The van der Waals surface area contributed by atoms with Gasteiger partial charge in [0.15, 0.2) is 5.78 Å². The summed E-state index contributed by atoms with van der Waals surface area (Å²) in [6.07, 6.45) is 0.0170. The monoisotopic (exact) mass is 283 g/mol. The third-order valence-electron chi connectivity index (χ3n) is 3.68. The Hall–Kier alpha value is -2.49. The number of carbonyl (C=O) groups is 1. The highest BCUT2D eigenvalue weighted by Gasteiger charge is 2.27. The summed E-state index contributed by atoms with van der Waals surface area (Å²) in [6.45, 7) is 0. The van der Waals surface area contributed by atoms with E-state index in [-0.39, 0.29) is 24.1 Å². The van der Waals surface area contributed by atoms with Gasteiger partial charge in [-0.3, -0.25) is 4.79 Å². The van der Waals surface area contributed by atoms with Crippen LogP contribution in [0, 0.1) is 0 Å². The topological polar surface area (TPSA) is 49.8 Å². The van der Waals surface area contributed by atoms with Gasteiger partial charge < -0.3 is 14.7 Å². The van der Waals surface area contributed by atoms with Gasteiger partial charge in [-0.05, 0) is 35.9 Å². The van der Waals surface area contributed by atoms with Gasteiger partial charge in [-0.25, -0.2) is 0 Å². The van der Waals surface area contributed by atoms with Crippen LogP contribution in [-0.4, -0.2) is 25.0 Å². The van der Waals surface area contributed by atoms with E-state index in [1.807, 2.05) is 43.3 Å². The standard InChI is InChI=1S/C17H17NO3/c1-18(2)12-5-3-11(4-6-12)17-10-15(20)14-9-13(19)7-8-16(14)21-17/h3-9,17,19H,10H2,1-2H3. The van der Waals surface area contributed by atoms with Crippen LogP contribution in [0.4, 0.5) is 5.69 Å². The van der Waals surface area contributed by atoms with Gasteiger partial charge in [-0.15, -0.1) is 0 Å². The fraction of sp³-hybridized carbons (Fsp3) is 0.235. The number of benzene rings is 2. The van der Waals surface area contributed by atoms with Gasteiger partial charge in [0.05, 0.1) is 12.0 Å². The van der Waals surface area contributed by atoms with Crippen LogP contribution in [0.5, 0.6) is 11.5 Å². The zero-order valence-electron chi connectivity index (χ0n) is 12.0. The number of hydrogen-bond acceptors (Lipinski definition) is 4. The molecule has 2 aromatic rings. The van der Waals surface area contributed by atoms with Gasteiger partial charge >= 0.3 is 0 Å². The number of aromatic hydroxyl groups is 1. The minimum atomic E-state index is -0.272. The van der Waals surface area contributed by atoms with E-state index in [9.17, 15) is 9.90 Å². The average Bonchev–Trinajstić information content (AvgIpc) is 2.48. The summed E-state index contributed by atoms with van der Waals surface area (Å²) in [6, 6.07) is 12.6. The number of nitrogens with zero attached hydrogens (tertiary/aromatic N) is 1. The molecular formula is C17H17NO3. The van der Waals surface area contributed by atoms with Crippen molar-refractivity contribution in [3.8, 4) is 11.5 Å². The summed E-state index contributed by atoms with van der Waals surface area (Å²) in [4.78, 5) is 14.2. The van der Waals surface area contributed by atoms with Crippen LogP contribution in [0.2, 0.25) is 0 Å². The van der Waals surface area contributed by atoms with Crippen LogP contribution in [0.25, 0.3) is 0 Å². The zero-order chi connectivity index (χ0) is 15.0. The first-order valence-corrected chi connectivity index (χ1v) is 6.85. The molecule has 21 heavy (non-hydrogen) atoms. The Bertz CT molecular complexity index is 677. The van der Waals surface area contributed by atoms with Crippen LogP contribution in [0.1, 0.15) is 28.4 Å². The number of ether oxygens (including phenoxy) is 1. The maximum Gasteiger partial charge on any atom is 0.170 e. The number of phenolic OH excluding ortho intramolecular Hbond substituents is 1. The fourth-order valence-electron chi connectivity index (χ4n) is 2.48. The average molecular weight is 283 g/mol. The molecule has 4 nitrogen and oxygen atoms in total. The molecule has 0 fully saturated rings. The Kier molecular flexibility index (Phi) is 3.29. The molecule has 1 N–H and O–H groups in total. The lowest BCUT2D eigenvalue weighted by Crippen LogP contribution is -2.20. The molecule has 0 saturated heterocycles. The van der Waals surface area contributed by atoms with E-state index < -0.39 is 0 Å². The molecule has 4 heteroatoms. The SMILES string of the molecule is CN(C)c1ccc(C2CC(=O)c3cc(O)ccc3O2)cc1. The highest BCUT2D eigenvalue weighted by molar-refractivity contribution is 6.00. The van der Waals surface area contributed by atoms with Crippen LogP contribution >= 0.6 is 0 Å². The van der Waals surface area contributed by atoms with Gasteiger partial charge in [-0.1, -0.05) is 12.1 Å². The number of hydrogen-bond donors (Lipinski definition) is 1. The van der Waals surface area contributed by atoms with Gasteiger partial charge in [-0.2, -0.15) is 0 Å². The summed E-state index contributed by atoms with van der Waals surface area (Å²) in [5.41, 5.74) is 2.54. The molecule has 108 valence electrons. The third kappa shape index (κ3) is 2.57. The third-order valence-corrected chi connectivity index (χ3v) is 3.68. The number of rotatable bonds is 2. The molecule has 1 aliphatic heterocycles. The van der Waals surface area contributed by atoms with Crippen LogP contribution in [-0.2, 0) is 0 Å².